The summed E-state index contributed by atoms with van der Waals surface area (Å²) in [6.45, 7) is 0.861. The van der Waals surface area contributed by atoms with Gasteiger partial charge in [-0.2, -0.15) is 0 Å². The van der Waals surface area contributed by atoms with Gasteiger partial charge in [-0.05, 0) is 56.4 Å². The average Bonchev–Trinajstić information content (AvgIpc) is 2.53. The zero-order chi connectivity index (χ0) is 14.2. The number of rotatable bonds is 7. The van der Waals surface area contributed by atoms with Gasteiger partial charge in [-0.25, -0.2) is 0 Å². The third kappa shape index (κ3) is 5.04. The highest BCUT2D eigenvalue weighted by atomic mass is 14.6. The monoisotopic (exact) mass is 280 g/mol. The molecule has 4 N–H and O–H groups in total. The third-order valence-electron chi connectivity index (χ3n) is 5.98. The second-order valence-electron chi connectivity index (χ2n) is 7.37. The van der Waals surface area contributed by atoms with Crippen molar-refractivity contribution in [2.24, 2.45) is 29.2 Å². The molecule has 0 aromatic heterocycles. The van der Waals surface area contributed by atoms with Crippen LogP contribution >= 0.6 is 0 Å². The minimum absolute atomic E-state index is 0.458. The Kier molecular flexibility index (Phi) is 7.37. The molecule has 2 nitrogen and oxygen atoms in total. The van der Waals surface area contributed by atoms with Gasteiger partial charge in [0.15, 0.2) is 0 Å². The Bertz CT molecular complexity index is 242. The summed E-state index contributed by atoms with van der Waals surface area (Å²) in [4.78, 5) is 0. The molecular weight excluding hydrogens is 244 g/mol. The lowest BCUT2D eigenvalue weighted by Crippen LogP contribution is -2.33. The maximum Gasteiger partial charge on any atom is 0.00672 e. The molecule has 2 atom stereocenters. The predicted octanol–water partition coefficient (Wildman–Crippen LogP) is 4.22. The van der Waals surface area contributed by atoms with Gasteiger partial charge >= 0.3 is 0 Å². The Morgan fingerprint density at radius 2 is 1.25 bits per heavy atom. The Labute approximate surface area is 126 Å². The van der Waals surface area contributed by atoms with Crippen molar-refractivity contribution in [3.05, 3.63) is 0 Å². The molecule has 2 aliphatic carbocycles. The molecule has 0 saturated heterocycles. The van der Waals surface area contributed by atoms with Crippen LogP contribution in [-0.4, -0.2) is 12.6 Å². The summed E-state index contributed by atoms with van der Waals surface area (Å²) in [7, 11) is 0. The fraction of sp³-hybridized carbons (Fsp3) is 1.00. The zero-order valence-electron chi connectivity index (χ0n) is 13.4. The molecule has 2 aliphatic rings. The molecule has 0 radical (unpaired) electrons. The van der Waals surface area contributed by atoms with Gasteiger partial charge in [-0.1, -0.05) is 51.4 Å². The highest BCUT2D eigenvalue weighted by molar-refractivity contribution is 4.80. The molecule has 118 valence electrons. The van der Waals surface area contributed by atoms with Crippen LogP contribution in [0.3, 0.4) is 0 Å². The predicted molar refractivity (Wildman–Crippen MR) is 87.5 cm³/mol. The molecule has 0 amide bonds. The van der Waals surface area contributed by atoms with E-state index in [4.69, 9.17) is 11.5 Å². The van der Waals surface area contributed by atoms with E-state index >= 15 is 0 Å². The minimum atomic E-state index is 0.458. The lowest BCUT2D eigenvalue weighted by Gasteiger charge is -2.33. The van der Waals surface area contributed by atoms with Crippen molar-refractivity contribution >= 4 is 0 Å². The van der Waals surface area contributed by atoms with Gasteiger partial charge in [0.05, 0.1) is 0 Å². The van der Waals surface area contributed by atoms with Crippen LogP contribution in [0.15, 0.2) is 0 Å². The van der Waals surface area contributed by atoms with Crippen molar-refractivity contribution in [3.63, 3.8) is 0 Å². The van der Waals surface area contributed by atoms with Crippen LogP contribution in [0.5, 0.6) is 0 Å². The standard InChI is InChI=1S/C18H36N2/c19-14-13-16(15-7-3-1-4-8-15)11-12-18(20)17-9-5-2-6-10-17/h15-18H,1-14,19-20H2. The summed E-state index contributed by atoms with van der Waals surface area (Å²) in [5.41, 5.74) is 12.3. The fourth-order valence-corrected chi connectivity index (χ4v) is 4.64. The van der Waals surface area contributed by atoms with Gasteiger partial charge in [-0.3, -0.25) is 0 Å². The maximum absolute atomic E-state index is 6.49. The largest absolute Gasteiger partial charge is 0.330 e. The van der Waals surface area contributed by atoms with E-state index in [2.05, 4.69) is 0 Å². The van der Waals surface area contributed by atoms with E-state index in [1.54, 1.807) is 0 Å². The van der Waals surface area contributed by atoms with Gasteiger partial charge in [-0.15, -0.1) is 0 Å². The van der Waals surface area contributed by atoms with E-state index in [1.807, 2.05) is 0 Å². The highest BCUT2D eigenvalue weighted by Gasteiger charge is 2.25. The summed E-state index contributed by atoms with van der Waals surface area (Å²) in [5.74, 6) is 2.62. The molecule has 2 rings (SSSR count). The van der Waals surface area contributed by atoms with E-state index < -0.39 is 0 Å². The smallest absolute Gasteiger partial charge is 0.00672 e. The number of hydrogen-bond acceptors (Lipinski definition) is 2. The first-order valence-corrected chi connectivity index (χ1v) is 9.27. The molecule has 0 heterocycles. The first kappa shape index (κ1) is 16.3. The van der Waals surface area contributed by atoms with Crippen molar-refractivity contribution in [1.29, 1.82) is 0 Å². The summed E-state index contributed by atoms with van der Waals surface area (Å²) >= 11 is 0. The second kappa shape index (κ2) is 9.04. The van der Waals surface area contributed by atoms with Gasteiger partial charge < -0.3 is 11.5 Å². The topological polar surface area (TPSA) is 52.0 Å². The SMILES string of the molecule is NCCC(CCC(N)C1CCCCC1)C1CCCCC1. The third-order valence-corrected chi connectivity index (χ3v) is 5.98. The molecule has 0 aromatic rings. The van der Waals surface area contributed by atoms with Crippen LogP contribution in [-0.2, 0) is 0 Å². The quantitative estimate of drug-likeness (QED) is 0.733. The molecule has 2 unspecified atom stereocenters. The van der Waals surface area contributed by atoms with Gasteiger partial charge in [0.1, 0.15) is 0 Å². The van der Waals surface area contributed by atoms with E-state index in [0.717, 1.165) is 24.3 Å². The van der Waals surface area contributed by atoms with E-state index in [9.17, 15) is 0 Å². The Morgan fingerprint density at radius 1 is 0.700 bits per heavy atom. The Hall–Kier alpha value is -0.0800. The molecule has 20 heavy (non-hydrogen) atoms. The second-order valence-corrected chi connectivity index (χ2v) is 7.37. The molecule has 0 aromatic carbocycles. The average molecular weight is 280 g/mol. The van der Waals surface area contributed by atoms with Crippen molar-refractivity contribution in [2.45, 2.75) is 89.5 Å². The summed E-state index contributed by atoms with van der Waals surface area (Å²) in [6, 6.07) is 0.458. The molecule has 2 saturated carbocycles. The van der Waals surface area contributed by atoms with Crippen LogP contribution in [0, 0.1) is 17.8 Å². The number of nitrogens with two attached hydrogens (primary N) is 2. The van der Waals surface area contributed by atoms with Crippen LogP contribution in [0.2, 0.25) is 0 Å². The fourth-order valence-electron chi connectivity index (χ4n) is 4.64. The normalized spacial score (nSPS) is 25.5. The Morgan fingerprint density at radius 3 is 1.80 bits per heavy atom. The van der Waals surface area contributed by atoms with Crippen molar-refractivity contribution in [3.8, 4) is 0 Å². The maximum atomic E-state index is 6.49. The van der Waals surface area contributed by atoms with E-state index in [1.165, 1.54) is 83.5 Å². The highest BCUT2D eigenvalue weighted by Crippen LogP contribution is 2.35. The van der Waals surface area contributed by atoms with Gasteiger partial charge in [0.2, 0.25) is 0 Å². The molecule has 0 aliphatic heterocycles. The molecule has 0 bridgehead atoms. The molecule has 0 spiro atoms. The van der Waals surface area contributed by atoms with Crippen molar-refractivity contribution in [1.82, 2.24) is 0 Å². The van der Waals surface area contributed by atoms with Crippen LogP contribution < -0.4 is 11.5 Å². The lowest BCUT2D eigenvalue weighted by atomic mass is 9.75. The summed E-state index contributed by atoms with van der Waals surface area (Å²) in [5, 5.41) is 0. The van der Waals surface area contributed by atoms with E-state index in [-0.39, 0.29) is 0 Å². The lowest BCUT2D eigenvalue weighted by molar-refractivity contribution is 0.206. The molecule has 2 heteroatoms. The first-order valence-electron chi connectivity index (χ1n) is 9.27. The summed E-state index contributed by atoms with van der Waals surface area (Å²) < 4.78 is 0. The van der Waals surface area contributed by atoms with E-state index in [0.29, 0.717) is 6.04 Å². The van der Waals surface area contributed by atoms with Crippen molar-refractivity contribution < 1.29 is 0 Å². The Balaban J connectivity index is 1.75. The molecular formula is C18H36N2. The first-order chi connectivity index (χ1) is 9.81. The zero-order valence-corrected chi connectivity index (χ0v) is 13.4. The summed E-state index contributed by atoms with van der Waals surface area (Å²) in [6.07, 6.45) is 18.0. The van der Waals surface area contributed by atoms with Gasteiger partial charge in [0.25, 0.3) is 0 Å². The van der Waals surface area contributed by atoms with Crippen molar-refractivity contribution in [2.75, 3.05) is 6.54 Å². The number of hydrogen-bond donors (Lipinski definition) is 2. The van der Waals surface area contributed by atoms with Crippen LogP contribution in [0.25, 0.3) is 0 Å². The van der Waals surface area contributed by atoms with Crippen LogP contribution in [0.1, 0.15) is 83.5 Å². The van der Waals surface area contributed by atoms with Gasteiger partial charge in [0, 0.05) is 6.04 Å². The molecule has 2 fully saturated rings. The van der Waals surface area contributed by atoms with Crippen LogP contribution in [0.4, 0.5) is 0 Å². The minimum Gasteiger partial charge on any atom is -0.330 e.